The Morgan fingerprint density at radius 1 is 1.44 bits per heavy atom. The Balaban J connectivity index is 1.84. The Labute approximate surface area is 116 Å². The van der Waals surface area contributed by atoms with Crippen molar-refractivity contribution in [3.63, 3.8) is 0 Å². The van der Waals surface area contributed by atoms with Crippen LogP contribution in [0.2, 0.25) is 0 Å². The lowest BCUT2D eigenvalue weighted by Gasteiger charge is -2.06. The topological polar surface area (TPSA) is 54.9 Å². The second kappa shape index (κ2) is 6.52. The Hall–Kier alpha value is -0.620. The maximum absolute atomic E-state index is 11.9. The Kier molecular flexibility index (Phi) is 5.00. The summed E-state index contributed by atoms with van der Waals surface area (Å²) in [6.07, 6.45) is 4.37. The number of carbonyl (C=O) groups is 1. The lowest BCUT2D eigenvalue weighted by molar-refractivity contribution is -0.119. The molecule has 1 aromatic rings. The van der Waals surface area contributed by atoms with Crippen LogP contribution in [0.1, 0.15) is 39.5 Å². The number of anilines is 1. The minimum atomic E-state index is 0.115. The van der Waals surface area contributed by atoms with Crippen molar-refractivity contribution >= 4 is 34.1 Å². The molecule has 1 fully saturated rings. The van der Waals surface area contributed by atoms with Crippen LogP contribution in [0, 0.1) is 11.8 Å². The van der Waals surface area contributed by atoms with Gasteiger partial charge in [0.05, 0.1) is 0 Å². The number of hydrogen-bond donors (Lipinski definition) is 1. The zero-order chi connectivity index (χ0) is 13.0. The first-order chi connectivity index (χ1) is 8.65. The van der Waals surface area contributed by atoms with Gasteiger partial charge in [-0.25, -0.2) is 0 Å². The van der Waals surface area contributed by atoms with Crippen LogP contribution in [0.4, 0.5) is 5.13 Å². The molecule has 4 nitrogen and oxygen atoms in total. The molecule has 0 bridgehead atoms. The zero-order valence-electron chi connectivity index (χ0n) is 10.8. The summed E-state index contributed by atoms with van der Waals surface area (Å²) < 4.78 is 0.936. The van der Waals surface area contributed by atoms with Gasteiger partial charge in [0.2, 0.25) is 11.0 Å². The fourth-order valence-corrected chi connectivity index (χ4v) is 3.68. The van der Waals surface area contributed by atoms with Gasteiger partial charge in [-0.15, -0.1) is 10.2 Å². The van der Waals surface area contributed by atoms with Crippen LogP contribution in [0.3, 0.4) is 0 Å². The lowest BCUT2D eigenvalue weighted by Crippen LogP contribution is -2.20. The highest BCUT2D eigenvalue weighted by Gasteiger charge is 2.23. The van der Waals surface area contributed by atoms with E-state index in [0.717, 1.165) is 22.9 Å². The van der Waals surface area contributed by atoms with Gasteiger partial charge in [-0.3, -0.25) is 4.79 Å². The van der Waals surface area contributed by atoms with E-state index in [1.807, 2.05) is 0 Å². The van der Waals surface area contributed by atoms with E-state index < -0.39 is 0 Å². The molecule has 1 heterocycles. The number of thioether (sulfide) groups is 1. The number of rotatable bonds is 5. The van der Waals surface area contributed by atoms with E-state index in [4.69, 9.17) is 0 Å². The van der Waals surface area contributed by atoms with Crippen LogP contribution < -0.4 is 5.32 Å². The number of nitrogens with zero attached hydrogens (tertiary/aromatic N) is 2. The molecule has 0 saturated heterocycles. The van der Waals surface area contributed by atoms with Crippen LogP contribution in [-0.2, 0) is 4.79 Å². The highest BCUT2D eigenvalue weighted by molar-refractivity contribution is 8.01. The Morgan fingerprint density at radius 3 is 2.83 bits per heavy atom. The molecule has 0 aliphatic heterocycles. The third-order valence-corrected chi connectivity index (χ3v) is 5.30. The number of amides is 1. The van der Waals surface area contributed by atoms with Crippen molar-refractivity contribution in [1.29, 1.82) is 0 Å². The van der Waals surface area contributed by atoms with E-state index in [2.05, 4.69) is 29.4 Å². The van der Waals surface area contributed by atoms with Gasteiger partial charge in [0.1, 0.15) is 0 Å². The summed E-state index contributed by atoms with van der Waals surface area (Å²) in [5.74, 6) is 1.96. The molecule has 0 unspecified atom stereocenters. The quantitative estimate of drug-likeness (QED) is 0.665. The van der Waals surface area contributed by atoms with Crippen molar-refractivity contribution in [3.8, 4) is 0 Å². The number of aromatic nitrogens is 2. The van der Waals surface area contributed by atoms with E-state index >= 15 is 0 Å². The van der Waals surface area contributed by atoms with E-state index in [0.29, 0.717) is 11.0 Å². The van der Waals surface area contributed by atoms with Crippen LogP contribution >= 0.6 is 23.1 Å². The predicted octanol–water partition coefficient (Wildman–Crippen LogP) is 3.41. The van der Waals surface area contributed by atoms with Crippen molar-refractivity contribution < 1.29 is 4.79 Å². The third-order valence-electron chi connectivity index (χ3n) is 2.90. The van der Waals surface area contributed by atoms with Crippen molar-refractivity contribution in [2.75, 3.05) is 11.1 Å². The molecule has 1 aromatic heterocycles. The van der Waals surface area contributed by atoms with Crippen molar-refractivity contribution in [3.05, 3.63) is 0 Å². The van der Waals surface area contributed by atoms with Crippen molar-refractivity contribution in [2.45, 2.75) is 43.9 Å². The average molecular weight is 285 g/mol. The molecule has 1 aliphatic carbocycles. The molecule has 1 N–H and O–H groups in total. The first-order valence-electron chi connectivity index (χ1n) is 6.42. The van der Waals surface area contributed by atoms with Crippen LogP contribution in [-0.4, -0.2) is 21.9 Å². The van der Waals surface area contributed by atoms with E-state index in [1.165, 1.54) is 24.2 Å². The van der Waals surface area contributed by atoms with Crippen molar-refractivity contribution in [2.24, 2.45) is 11.8 Å². The maximum atomic E-state index is 11.9. The Bertz CT molecular complexity index is 400. The van der Waals surface area contributed by atoms with Gasteiger partial charge in [-0.2, -0.15) is 0 Å². The van der Waals surface area contributed by atoms with Crippen LogP contribution in [0.5, 0.6) is 0 Å². The predicted molar refractivity (Wildman–Crippen MR) is 76.1 cm³/mol. The summed E-state index contributed by atoms with van der Waals surface area (Å²) in [5.41, 5.74) is 0. The normalized spacial score (nSPS) is 16.4. The fraction of sp³-hybridized carbons (Fsp3) is 0.750. The van der Waals surface area contributed by atoms with E-state index in [-0.39, 0.29) is 11.8 Å². The summed E-state index contributed by atoms with van der Waals surface area (Å²) >= 11 is 3.17. The summed E-state index contributed by atoms with van der Waals surface area (Å²) in [7, 11) is 0. The van der Waals surface area contributed by atoms with E-state index in [9.17, 15) is 4.79 Å². The molecule has 2 rings (SSSR count). The molecule has 1 saturated carbocycles. The highest BCUT2D eigenvalue weighted by atomic mass is 32.2. The minimum absolute atomic E-state index is 0.115. The second-order valence-corrected chi connectivity index (χ2v) is 7.29. The molecular formula is C12H19N3OS2. The smallest absolute Gasteiger partial charge is 0.229 e. The van der Waals surface area contributed by atoms with Gasteiger partial charge in [0.15, 0.2) is 4.34 Å². The standard InChI is InChI=1S/C12H19N3OS2/c1-8(2)7-17-12-15-14-11(18-12)13-10(16)9-5-3-4-6-9/h8-9H,3-7H2,1-2H3,(H,13,14,16). The monoisotopic (exact) mass is 285 g/mol. The number of hydrogen-bond acceptors (Lipinski definition) is 5. The summed E-state index contributed by atoms with van der Waals surface area (Å²) in [6, 6.07) is 0. The molecule has 0 aromatic carbocycles. The van der Waals surface area contributed by atoms with Crippen LogP contribution in [0.15, 0.2) is 4.34 Å². The number of nitrogens with one attached hydrogen (secondary N) is 1. The van der Waals surface area contributed by atoms with Gasteiger partial charge >= 0.3 is 0 Å². The molecule has 0 spiro atoms. The molecule has 6 heteroatoms. The van der Waals surface area contributed by atoms with Gasteiger partial charge in [0, 0.05) is 11.7 Å². The summed E-state index contributed by atoms with van der Waals surface area (Å²) in [5, 5.41) is 11.6. The second-order valence-electron chi connectivity index (χ2n) is 5.05. The maximum Gasteiger partial charge on any atom is 0.229 e. The molecule has 0 radical (unpaired) electrons. The summed E-state index contributed by atoms with van der Waals surface area (Å²) in [6.45, 7) is 4.35. The SMILES string of the molecule is CC(C)CSc1nnc(NC(=O)C2CCCC2)s1. The first-order valence-corrected chi connectivity index (χ1v) is 8.22. The van der Waals surface area contributed by atoms with Gasteiger partial charge in [0.25, 0.3) is 0 Å². The largest absolute Gasteiger partial charge is 0.300 e. The van der Waals surface area contributed by atoms with Gasteiger partial charge in [-0.1, -0.05) is 49.8 Å². The molecule has 1 amide bonds. The summed E-state index contributed by atoms with van der Waals surface area (Å²) in [4.78, 5) is 11.9. The number of carbonyl (C=O) groups excluding carboxylic acids is 1. The molecule has 100 valence electrons. The molecule has 18 heavy (non-hydrogen) atoms. The minimum Gasteiger partial charge on any atom is -0.300 e. The Morgan fingerprint density at radius 2 is 2.17 bits per heavy atom. The molecular weight excluding hydrogens is 266 g/mol. The zero-order valence-corrected chi connectivity index (χ0v) is 12.4. The van der Waals surface area contributed by atoms with Crippen molar-refractivity contribution in [1.82, 2.24) is 10.2 Å². The van der Waals surface area contributed by atoms with Crippen LogP contribution in [0.25, 0.3) is 0 Å². The van der Waals surface area contributed by atoms with Gasteiger partial charge in [-0.05, 0) is 18.8 Å². The fourth-order valence-electron chi connectivity index (χ4n) is 1.95. The first kappa shape index (κ1) is 13.8. The highest BCUT2D eigenvalue weighted by Crippen LogP contribution is 2.29. The van der Waals surface area contributed by atoms with E-state index in [1.54, 1.807) is 11.8 Å². The molecule has 0 atom stereocenters. The van der Waals surface area contributed by atoms with Gasteiger partial charge < -0.3 is 5.32 Å². The average Bonchev–Trinajstić information content (AvgIpc) is 2.97. The third kappa shape index (κ3) is 3.95. The molecule has 1 aliphatic rings. The lowest BCUT2D eigenvalue weighted by atomic mass is 10.1.